The Hall–Kier alpha value is -2.95. The fourth-order valence-corrected chi connectivity index (χ4v) is 2.46. The molecule has 3 rings (SSSR count). The van der Waals surface area contributed by atoms with E-state index in [-0.39, 0.29) is 5.82 Å². The Morgan fingerprint density at radius 3 is 2.28 bits per heavy atom. The van der Waals surface area contributed by atoms with Crippen LogP contribution in [0, 0.1) is 12.7 Å². The van der Waals surface area contributed by atoms with Crippen LogP contribution >= 0.6 is 0 Å². The highest BCUT2D eigenvalue weighted by Gasteiger charge is 2.04. The Labute approximate surface area is 147 Å². The minimum atomic E-state index is -0.234. The summed E-state index contributed by atoms with van der Waals surface area (Å²) in [5, 5.41) is 6.48. The standard InChI is InChI=1S/C20H21FN4/c1-3-15-6-10-18(11-7-15)24-20-23-14(2)12-19(25-20)22-13-16-4-8-17(21)9-5-16/h4-12H,3,13H2,1-2H3,(H2,22,23,24,25). The van der Waals surface area contributed by atoms with Gasteiger partial charge in [0, 0.05) is 24.0 Å². The van der Waals surface area contributed by atoms with Gasteiger partial charge in [-0.05, 0) is 48.7 Å². The molecule has 0 radical (unpaired) electrons. The van der Waals surface area contributed by atoms with Gasteiger partial charge in [0.25, 0.3) is 0 Å². The summed E-state index contributed by atoms with van der Waals surface area (Å²) in [4.78, 5) is 8.92. The summed E-state index contributed by atoms with van der Waals surface area (Å²) in [6.07, 6.45) is 1.01. The van der Waals surface area contributed by atoms with E-state index < -0.39 is 0 Å². The number of hydrogen-bond acceptors (Lipinski definition) is 4. The lowest BCUT2D eigenvalue weighted by Gasteiger charge is -2.10. The second kappa shape index (κ2) is 7.75. The highest BCUT2D eigenvalue weighted by molar-refractivity contribution is 5.55. The number of nitrogens with zero attached hydrogens (tertiary/aromatic N) is 2. The Kier molecular flexibility index (Phi) is 5.23. The first kappa shape index (κ1) is 16.9. The van der Waals surface area contributed by atoms with Gasteiger partial charge < -0.3 is 10.6 Å². The average Bonchev–Trinajstić information content (AvgIpc) is 2.61. The van der Waals surface area contributed by atoms with E-state index in [2.05, 4.69) is 39.7 Å². The predicted octanol–water partition coefficient (Wildman–Crippen LogP) is 4.84. The van der Waals surface area contributed by atoms with Crippen LogP contribution in [0.4, 0.5) is 21.8 Å². The molecule has 0 aliphatic heterocycles. The second-order valence-electron chi connectivity index (χ2n) is 5.87. The quantitative estimate of drug-likeness (QED) is 0.676. The first-order valence-electron chi connectivity index (χ1n) is 8.32. The zero-order valence-electron chi connectivity index (χ0n) is 14.4. The lowest BCUT2D eigenvalue weighted by Crippen LogP contribution is -2.05. The highest BCUT2D eigenvalue weighted by Crippen LogP contribution is 2.17. The van der Waals surface area contributed by atoms with Crippen LogP contribution in [0.2, 0.25) is 0 Å². The van der Waals surface area contributed by atoms with Gasteiger partial charge >= 0.3 is 0 Å². The van der Waals surface area contributed by atoms with Crippen molar-refractivity contribution in [3.63, 3.8) is 0 Å². The average molecular weight is 336 g/mol. The maximum absolute atomic E-state index is 13.0. The normalized spacial score (nSPS) is 10.5. The molecular weight excluding hydrogens is 315 g/mol. The number of anilines is 3. The van der Waals surface area contributed by atoms with Crippen molar-refractivity contribution < 1.29 is 4.39 Å². The molecule has 0 amide bonds. The molecule has 5 heteroatoms. The van der Waals surface area contributed by atoms with E-state index in [1.807, 2.05) is 25.1 Å². The molecule has 3 aromatic rings. The largest absolute Gasteiger partial charge is 0.366 e. The number of rotatable bonds is 6. The molecule has 25 heavy (non-hydrogen) atoms. The summed E-state index contributed by atoms with van der Waals surface area (Å²) in [5.41, 5.74) is 4.09. The first-order chi connectivity index (χ1) is 12.1. The minimum absolute atomic E-state index is 0.234. The topological polar surface area (TPSA) is 49.8 Å². The van der Waals surface area contributed by atoms with E-state index in [0.29, 0.717) is 12.5 Å². The van der Waals surface area contributed by atoms with Crippen LogP contribution in [0.1, 0.15) is 23.7 Å². The Morgan fingerprint density at radius 2 is 1.60 bits per heavy atom. The van der Waals surface area contributed by atoms with Crippen molar-refractivity contribution >= 4 is 17.5 Å². The third-order valence-corrected chi connectivity index (χ3v) is 3.86. The monoisotopic (exact) mass is 336 g/mol. The van der Waals surface area contributed by atoms with Gasteiger partial charge in [0.05, 0.1) is 0 Å². The fraction of sp³-hybridized carbons (Fsp3) is 0.200. The van der Waals surface area contributed by atoms with Crippen molar-refractivity contribution in [2.75, 3.05) is 10.6 Å². The summed E-state index contributed by atoms with van der Waals surface area (Å²) < 4.78 is 13.0. The van der Waals surface area contributed by atoms with Crippen LogP contribution in [0.5, 0.6) is 0 Å². The summed E-state index contributed by atoms with van der Waals surface area (Å²) >= 11 is 0. The van der Waals surface area contributed by atoms with E-state index in [4.69, 9.17) is 0 Å². The van der Waals surface area contributed by atoms with Crippen LogP contribution in [0.15, 0.2) is 54.6 Å². The van der Waals surface area contributed by atoms with Gasteiger partial charge in [-0.2, -0.15) is 4.98 Å². The fourth-order valence-electron chi connectivity index (χ4n) is 2.46. The van der Waals surface area contributed by atoms with Gasteiger partial charge in [0.2, 0.25) is 5.95 Å². The van der Waals surface area contributed by atoms with E-state index in [0.717, 1.165) is 29.2 Å². The lowest BCUT2D eigenvalue weighted by atomic mass is 10.1. The van der Waals surface area contributed by atoms with Crippen molar-refractivity contribution in [3.05, 3.63) is 77.2 Å². The third-order valence-electron chi connectivity index (χ3n) is 3.86. The molecule has 0 fully saturated rings. The van der Waals surface area contributed by atoms with Crippen LogP contribution < -0.4 is 10.6 Å². The Balaban J connectivity index is 1.69. The molecule has 0 saturated carbocycles. The number of hydrogen-bond donors (Lipinski definition) is 2. The number of benzene rings is 2. The van der Waals surface area contributed by atoms with Crippen molar-refractivity contribution in [2.24, 2.45) is 0 Å². The van der Waals surface area contributed by atoms with Crippen molar-refractivity contribution in [1.82, 2.24) is 9.97 Å². The minimum Gasteiger partial charge on any atom is -0.366 e. The van der Waals surface area contributed by atoms with E-state index >= 15 is 0 Å². The van der Waals surface area contributed by atoms with Crippen LogP contribution in [0.25, 0.3) is 0 Å². The molecule has 4 nitrogen and oxygen atoms in total. The summed E-state index contributed by atoms with van der Waals surface area (Å²) in [6, 6.07) is 16.5. The van der Waals surface area contributed by atoms with Crippen LogP contribution in [-0.2, 0) is 13.0 Å². The van der Waals surface area contributed by atoms with Gasteiger partial charge in [-0.3, -0.25) is 0 Å². The van der Waals surface area contributed by atoms with Crippen molar-refractivity contribution in [2.45, 2.75) is 26.8 Å². The first-order valence-corrected chi connectivity index (χ1v) is 8.32. The Bertz CT molecular complexity index is 829. The molecule has 1 heterocycles. The van der Waals surface area contributed by atoms with Crippen molar-refractivity contribution in [3.8, 4) is 0 Å². The number of aromatic nitrogens is 2. The van der Waals surface area contributed by atoms with Gasteiger partial charge in [-0.1, -0.05) is 31.2 Å². The molecule has 0 bridgehead atoms. The van der Waals surface area contributed by atoms with Gasteiger partial charge in [0.1, 0.15) is 11.6 Å². The summed E-state index contributed by atoms with van der Waals surface area (Å²) in [6.45, 7) is 4.63. The molecule has 0 atom stereocenters. The van der Waals surface area contributed by atoms with Gasteiger partial charge in [0.15, 0.2) is 0 Å². The molecule has 0 spiro atoms. The SMILES string of the molecule is CCc1ccc(Nc2nc(C)cc(NCc3ccc(F)cc3)n2)cc1. The van der Waals surface area contributed by atoms with E-state index in [1.54, 1.807) is 12.1 Å². The molecule has 0 unspecified atom stereocenters. The number of aryl methyl sites for hydroxylation is 2. The molecule has 2 aromatic carbocycles. The van der Waals surface area contributed by atoms with Crippen LogP contribution in [0.3, 0.4) is 0 Å². The predicted molar refractivity (Wildman–Crippen MR) is 99.6 cm³/mol. The molecular formula is C20H21FN4. The lowest BCUT2D eigenvalue weighted by molar-refractivity contribution is 0.627. The number of nitrogens with one attached hydrogen (secondary N) is 2. The van der Waals surface area contributed by atoms with E-state index in [1.165, 1.54) is 17.7 Å². The maximum atomic E-state index is 13.0. The smallest absolute Gasteiger partial charge is 0.229 e. The zero-order chi connectivity index (χ0) is 17.6. The maximum Gasteiger partial charge on any atom is 0.229 e. The molecule has 0 aliphatic rings. The summed E-state index contributed by atoms with van der Waals surface area (Å²) in [7, 11) is 0. The van der Waals surface area contributed by atoms with Crippen molar-refractivity contribution in [1.29, 1.82) is 0 Å². The highest BCUT2D eigenvalue weighted by atomic mass is 19.1. The van der Waals surface area contributed by atoms with E-state index in [9.17, 15) is 4.39 Å². The van der Waals surface area contributed by atoms with Gasteiger partial charge in [-0.25, -0.2) is 9.37 Å². The second-order valence-corrected chi connectivity index (χ2v) is 5.87. The third kappa shape index (κ3) is 4.76. The Morgan fingerprint density at radius 1 is 0.920 bits per heavy atom. The molecule has 0 saturated heterocycles. The van der Waals surface area contributed by atoms with Crippen LogP contribution in [-0.4, -0.2) is 9.97 Å². The molecule has 0 aliphatic carbocycles. The van der Waals surface area contributed by atoms with Gasteiger partial charge in [-0.15, -0.1) is 0 Å². The summed E-state index contributed by atoms with van der Waals surface area (Å²) in [5.74, 6) is 1.04. The molecule has 1 aromatic heterocycles. The zero-order valence-corrected chi connectivity index (χ0v) is 14.4. The molecule has 128 valence electrons. The number of halogens is 1. The molecule has 2 N–H and O–H groups in total.